The number of aliphatic hydroxyl groups excluding tert-OH is 1. The van der Waals surface area contributed by atoms with E-state index in [1.54, 1.807) is 30.3 Å². The fraction of sp³-hybridized carbons (Fsp3) is 0.333. The van der Waals surface area contributed by atoms with Gasteiger partial charge in [0, 0.05) is 23.8 Å². The number of hydrogen-bond donors (Lipinski definition) is 3. The van der Waals surface area contributed by atoms with E-state index in [0.717, 1.165) is 25.7 Å². The number of nitrogens with two attached hydrogens (primary N) is 1. The van der Waals surface area contributed by atoms with Gasteiger partial charge >= 0.3 is 0 Å². The summed E-state index contributed by atoms with van der Waals surface area (Å²) >= 11 is 0. The molecule has 2 unspecified atom stereocenters. The Hall–Kier alpha value is -2.60. The van der Waals surface area contributed by atoms with Gasteiger partial charge in [0.15, 0.2) is 0 Å². The standard InChI is InChI=1S/C18H21N3O3/c19-15-9-10-20-11-14(15)18(23)21-12-5-7-13(8-6-12)24-17-4-2-1-3-16(17)22/h5-11,16-17,22H,1-4H2,(H2,19,20)(H,21,23). The minimum absolute atomic E-state index is 0.158. The van der Waals surface area contributed by atoms with Gasteiger partial charge in [-0.15, -0.1) is 0 Å². The number of aromatic nitrogens is 1. The van der Waals surface area contributed by atoms with Crippen LogP contribution < -0.4 is 15.8 Å². The molecule has 0 spiro atoms. The Morgan fingerprint density at radius 3 is 2.67 bits per heavy atom. The smallest absolute Gasteiger partial charge is 0.259 e. The average molecular weight is 327 g/mol. The fourth-order valence-electron chi connectivity index (χ4n) is 2.80. The molecule has 0 radical (unpaired) electrons. The van der Waals surface area contributed by atoms with Gasteiger partial charge in [-0.05, 0) is 49.6 Å². The largest absolute Gasteiger partial charge is 0.488 e. The van der Waals surface area contributed by atoms with Gasteiger partial charge in [-0.2, -0.15) is 0 Å². The molecule has 0 saturated heterocycles. The Morgan fingerprint density at radius 2 is 1.96 bits per heavy atom. The van der Waals surface area contributed by atoms with Crippen LogP contribution >= 0.6 is 0 Å². The van der Waals surface area contributed by atoms with Crippen molar-refractivity contribution in [1.82, 2.24) is 4.98 Å². The Morgan fingerprint density at radius 1 is 1.21 bits per heavy atom. The summed E-state index contributed by atoms with van der Waals surface area (Å²) in [4.78, 5) is 16.1. The van der Waals surface area contributed by atoms with Crippen molar-refractivity contribution in [2.75, 3.05) is 11.1 Å². The predicted molar refractivity (Wildman–Crippen MR) is 91.9 cm³/mol. The number of nitrogens with zero attached hydrogens (tertiary/aromatic N) is 1. The van der Waals surface area contributed by atoms with Gasteiger partial charge < -0.3 is 20.9 Å². The number of nitrogen functional groups attached to an aromatic ring is 1. The van der Waals surface area contributed by atoms with Gasteiger partial charge in [0.05, 0.1) is 11.7 Å². The Kier molecular flexibility index (Phi) is 4.96. The summed E-state index contributed by atoms with van der Waals surface area (Å²) in [6, 6.07) is 8.67. The maximum atomic E-state index is 12.2. The summed E-state index contributed by atoms with van der Waals surface area (Å²) in [6.07, 6.45) is 6.17. The quantitative estimate of drug-likeness (QED) is 0.802. The predicted octanol–water partition coefficient (Wildman–Crippen LogP) is 2.60. The first-order chi connectivity index (χ1) is 11.6. The van der Waals surface area contributed by atoms with Gasteiger partial charge in [-0.3, -0.25) is 9.78 Å². The molecule has 1 heterocycles. The van der Waals surface area contributed by atoms with Gasteiger partial charge in [-0.25, -0.2) is 0 Å². The van der Waals surface area contributed by atoms with Gasteiger partial charge in [0.1, 0.15) is 11.9 Å². The van der Waals surface area contributed by atoms with Crippen LogP contribution in [0.4, 0.5) is 11.4 Å². The Labute approximate surface area is 140 Å². The third-order valence-corrected chi connectivity index (χ3v) is 4.17. The molecule has 1 aromatic heterocycles. The summed E-state index contributed by atoms with van der Waals surface area (Å²) in [5.41, 5.74) is 7.13. The maximum absolute atomic E-state index is 12.2. The normalized spacial score (nSPS) is 20.4. The number of benzene rings is 1. The molecule has 1 aliphatic carbocycles. The summed E-state index contributed by atoms with van der Waals surface area (Å²) < 4.78 is 5.84. The number of rotatable bonds is 4. The number of ether oxygens (including phenoxy) is 1. The maximum Gasteiger partial charge on any atom is 0.259 e. The first-order valence-electron chi connectivity index (χ1n) is 8.09. The van der Waals surface area contributed by atoms with E-state index >= 15 is 0 Å². The van der Waals surface area contributed by atoms with Crippen LogP contribution in [-0.2, 0) is 0 Å². The lowest BCUT2D eigenvalue weighted by atomic mass is 9.95. The second kappa shape index (κ2) is 7.31. The van der Waals surface area contributed by atoms with Crippen molar-refractivity contribution < 1.29 is 14.6 Å². The number of anilines is 2. The number of carbonyl (C=O) groups excluding carboxylic acids is 1. The monoisotopic (exact) mass is 327 g/mol. The second-order valence-corrected chi connectivity index (χ2v) is 5.95. The number of hydrogen-bond acceptors (Lipinski definition) is 5. The van der Waals surface area contributed by atoms with Crippen molar-refractivity contribution in [2.45, 2.75) is 37.9 Å². The lowest BCUT2D eigenvalue weighted by molar-refractivity contribution is 0.00688. The number of nitrogens with one attached hydrogen (secondary N) is 1. The lowest BCUT2D eigenvalue weighted by Gasteiger charge is -2.28. The van der Waals surface area contributed by atoms with E-state index < -0.39 is 6.10 Å². The first-order valence-corrected chi connectivity index (χ1v) is 8.09. The molecule has 6 nitrogen and oxygen atoms in total. The minimum Gasteiger partial charge on any atom is -0.488 e. The zero-order valence-electron chi connectivity index (χ0n) is 13.3. The number of aliphatic hydroxyl groups is 1. The number of carbonyl (C=O) groups is 1. The van der Waals surface area contributed by atoms with Crippen LogP contribution in [0.1, 0.15) is 36.0 Å². The van der Waals surface area contributed by atoms with Crippen molar-refractivity contribution >= 4 is 17.3 Å². The van der Waals surface area contributed by atoms with E-state index in [4.69, 9.17) is 10.5 Å². The van der Waals surface area contributed by atoms with E-state index in [9.17, 15) is 9.90 Å². The molecule has 1 aliphatic rings. The highest BCUT2D eigenvalue weighted by Gasteiger charge is 2.24. The van der Waals surface area contributed by atoms with Crippen LogP contribution in [0.3, 0.4) is 0 Å². The highest BCUT2D eigenvalue weighted by Crippen LogP contribution is 2.25. The van der Waals surface area contributed by atoms with E-state index in [-0.39, 0.29) is 12.0 Å². The zero-order valence-corrected chi connectivity index (χ0v) is 13.3. The van der Waals surface area contributed by atoms with Crippen molar-refractivity contribution in [2.24, 2.45) is 0 Å². The third-order valence-electron chi connectivity index (χ3n) is 4.17. The Balaban J connectivity index is 1.62. The molecule has 126 valence electrons. The molecule has 2 atom stereocenters. The van der Waals surface area contributed by atoms with Crippen molar-refractivity contribution in [3.05, 3.63) is 48.3 Å². The van der Waals surface area contributed by atoms with Crippen LogP contribution in [0.5, 0.6) is 5.75 Å². The third kappa shape index (κ3) is 3.83. The Bertz CT molecular complexity index is 703. The zero-order chi connectivity index (χ0) is 16.9. The fourth-order valence-corrected chi connectivity index (χ4v) is 2.80. The average Bonchev–Trinajstić information content (AvgIpc) is 2.59. The van der Waals surface area contributed by atoms with Gasteiger partial charge in [0.25, 0.3) is 5.91 Å². The van der Waals surface area contributed by atoms with Crippen LogP contribution in [0.15, 0.2) is 42.7 Å². The summed E-state index contributed by atoms with van der Waals surface area (Å²) in [5, 5.41) is 12.7. The second-order valence-electron chi connectivity index (χ2n) is 5.95. The topological polar surface area (TPSA) is 97.5 Å². The molecular formula is C18H21N3O3. The summed E-state index contributed by atoms with van der Waals surface area (Å²) in [5.74, 6) is 0.372. The molecule has 0 aliphatic heterocycles. The minimum atomic E-state index is -0.410. The lowest BCUT2D eigenvalue weighted by Crippen LogP contribution is -2.34. The van der Waals surface area contributed by atoms with E-state index in [1.807, 2.05) is 0 Å². The van der Waals surface area contributed by atoms with Crippen LogP contribution in [0.2, 0.25) is 0 Å². The first kappa shape index (κ1) is 16.3. The molecule has 3 rings (SSSR count). The molecule has 1 aromatic carbocycles. The SMILES string of the molecule is Nc1ccncc1C(=O)Nc1ccc(OC2CCCCC2O)cc1. The van der Waals surface area contributed by atoms with Crippen LogP contribution in [0, 0.1) is 0 Å². The van der Waals surface area contributed by atoms with E-state index in [2.05, 4.69) is 10.3 Å². The molecule has 2 aromatic rings. The van der Waals surface area contributed by atoms with Gasteiger partial charge in [0.2, 0.25) is 0 Å². The van der Waals surface area contributed by atoms with Gasteiger partial charge in [-0.1, -0.05) is 6.42 Å². The molecule has 6 heteroatoms. The molecule has 24 heavy (non-hydrogen) atoms. The summed E-state index contributed by atoms with van der Waals surface area (Å²) in [6.45, 7) is 0. The highest BCUT2D eigenvalue weighted by atomic mass is 16.5. The summed E-state index contributed by atoms with van der Waals surface area (Å²) in [7, 11) is 0. The van der Waals surface area contributed by atoms with E-state index in [1.165, 1.54) is 12.4 Å². The molecule has 1 saturated carbocycles. The van der Waals surface area contributed by atoms with Crippen LogP contribution in [-0.4, -0.2) is 28.2 Å². The molecular weight excluding hydrogens is 306 g/mol. The molecule has 0 bridgehead atoms. The van der Waals surface area contributed by atoms with Crippen molar-refractivity contribution in [3.63, 3.8) is 0 Å². The van der Waals surface area contributed by atoms with Crippen molar-refractivity contribution in [3.8, 4) is 5.75 Å². The van der Waals surface area contributed by atoms with Crippen LogP contribution in [0.25, 0.3) is 0 Å². The molecule has 1 amide bonds. The number of amides is 1. The molecule has 1 fully saturated rings. The highest BCUT2D eigenvalue weighted by molar-refractivity contribution is 6.07. The van der Waals surface area contributed by atoms with Crippen molar-refractivity contribution in [1.29, 1.82) is 0 Å². The number of pyridine rings is 1. The van der Waals surface area contributed by atoms with E-state index in [0.29, 0.717) is 22.7 Å². The molecule has 4 N–H and O–H groups in total.